The minimum Gasteiger partial charge on any atom is -0.396 e. The van der Waals surface area contributed by atoms with E-state index in [9.17, 15) is 4.79 Å². The number of nitrogens with one attached hydrogen (secondary N) is 2. The summed E-state index contributed by atoms with van der Waals surface area (Å²) >= 11 is 0. The maximum Gasteiger partial charge on any atom is 0.315 e. The predicted octanol–water partition coefficient (Wildman–Crippen LogP) is 0.815. The number of carbonyl (C=O) groups excluding carboxylic acids is 1. The number of urea groups is 1. The van der Waals surface area contributed by atoms with E-state index in [0.29, 0.717) is 19.8 Å². The minimum absolute atomic E-state index is 0.0174. The average Bonchev–Trinajstić information content (AvgIpc) is 2.81. The van der Waals surface area contributed by atoms with Gasteiger partial charge in [0.2, 0.25) is 0 Å². The summed E-state index contributed by atoms with van der Waals surface area (Å²) in [6.07, 6.45) is 7.23. The third-order valence-electron chi connectivity index (χ3n) is 2.72. The van der Waals surface area contributed by atoms with Crippen LogP contribution in [0.5, 0.6) is 0 Å². The number of aliphatic hydroxyl groups is 1. The highest BCUT2D eigenvalue weighted by Gasteiger charge is 2.19. The lowest BCUT2D eigenvalue weighted by Gasteiger charge is -2.13. The first kappa shape index (κ1) is 14.7. The van der Waals surface area contributed by atoms with E-state index in [1.54, 1.807) is 6.08 Å². The van der Waals surface area contributed by atoms with E-state index in [1.165, 1.54) is 0 Å². The fourth-order valence-electron chi connectivity index (χ4n) is 1.74. The molecule has 0 unspecified atom stereocenters. The summed E-state index contributed by atoms with van der Waals surface area (Å²) in [6.45, 7) is 5.35. The van der Waals surface area contributed by atoms with Gasteiger partial charge in [0.1, 0.15) is 0 Å². The van der Waals surface area contributed by atoms with Crippen LogP contribution in [0.15, 0.2) is 24.8 Å². The molecule has 0 heterocycles. The van der Waals surface area contributed by atoms with Crippen molar-refractivity contribution in [3.05, 3.63) is 24.8 Å². The fraction of sp³-hybridized carbons (Fsp3) is 0.615. The molecule has 0 aromatic carbocycles. The SMILES string of the molecule is C=CCCOCCNC(=O)N[C@@H]1C=C[C@H](CO)C1. The molecule has 18 heavy (non-hydrogen) atoms. The largest absolute Gasteiger partial charge is 0.396 e. The van der Waals surface area contributed by atoms with E-state index < -0.39 is 0 Å². The van der Waals surface area contributed by atoms with E-state index >= 15 is 0 Å². The van der Waals surface area contributed by atoms with Gasteiger partial charge in [0.15, 0.2) is 0 Å². The fourth-order valence-corrected chi connectivity index (χ4v) is 1.74. The third-order valence-corrected chi connectivity index (χ3v) is 2.72. The summed E-state index contributed by atoms with van der Waals surface area (Å²) in [5, 5.41) is 14.5. The van der Waals surface area contributed by atoms with Crippen molar-refractivity contribution >= 4 is 6.03 Å². The Morgan fingerprint density at radius 2 is 2.33 bits per heavy atom. The van der Waals surface area contributed by atoms with Gasteiger partial charge in [-0.3, -0.25) is 0 Å². The van der Waals surface area contributed by atoms with Crippen molar-refractivity contribution in [2.24, 2.45) is 5.92 Å². The van der Waals surface area contributed by atoms with Gasteiger partial charge >= 0.3 is 6.03 Å². The molecule has 0 fully saturated rings. The van der Waals surface area contributed by atoms with Crippen molar-refractivity contribution in [3.63, 3.8) is 0 Å². The Labute approximate surface area is 108 Å². The first-order valence-corrected chi connectivity index (χ1v) is 6.28. The number of amides is 2. The number of rotatable bonds is 8. The predicted molar refractivity (Wildman–Crippen MR) is 70.3 cm³/mol. The Morgan fingerprint density at radius 1 is 1.50 bits per heavy atom. The molecule has 0 aliphatic heterocycles. The maximum atomic E-state index is 11.5. The normalized spacial score (nSPS) is 21.8. The van der Waals surface area contributed by atoms with Gasteiger partial charge in [0.25, 0.3) is 0 Å². The second-order valence-electron chi connectivity index (χ2n) is 4.26. The number of ether oxygens (including phenoxy) is 1. The Balaban J connectivity index is 2.01. The molecule has 0 bridgehead atoms. The highest BCUT2D eigenvalue weighted by molar-refractivity contribution is 5.74. The van der Waals surface area contributed by atoms with E-state index in [0.717, 1.165) is 12.8 Å². The molecule has 1 aliphatic rings. The standard InChI is InChI=1S/C13H22N2O3/c1-2-3-7-18-8-6-14-13(17)15-12-5-4-11(9-12)10-16/h2,4-5,11-12,16H,1,3,6-10H2,(H2,14,15,17)/t11-,12+/m0/s1. The van der Waals surface area contributed by atoms with Crippen LogP contribution in [0.2, 0.25) is 0 Å². The molecule has 102 valence electrons. The van der Waals surface area contributed by atoms with Crippen LogP contribution in [-0.2, 0) is 4.74 Å². The van der Waals surface area contributed by atoms with Crippen LogP contribution in [0.1, 0.15) is 12.8 Å². The smallest absolute Gasteiger partial charge is 0.315 e. The molecule has 0 radical (unpaired) electrons. The van der Waals surface area contributed by atoms with Crippen LogP contribution < -0.4 is 10.6 Å². The molecule has 0 saturated heterocycles. The summed E-state index contributed by atoms with van der Waals surface area (Å²) in [7, 11) is 0. The van der Waals surface area contributed by atoms with Crippen molar-refractivity contribution in [3.8, 4) is 0 Å². The van der Waals surface area contributed by atoms with Gasteiger partial charge in [-0.15, -0.1) is 6.58 Å². The summed E-state index contributed by atoms with van der Waals surface area (Å²) in [6, 6.07) is -0.181. The zero-order chi connectivity index (χ0) is 13.2. The first-order chi connectivity index (χ1) is 8.76. The van der Waals surface area contributed by atoms with Crippen molar-refractivity contribution in [2.75, 3.05) is 26.4 Å². The van der Waals surface area contributed by atoms with Crippen molar-refractivity contribution in [2.45, 2.75) is 18.9 Å². The van der Waals surface area contributed by atoms with Crippen LogP contribution in [0.4, 0.5) is 4.79 Å². The lowest BCUT2D eigenvalue weighted by Crippen LogP contribution is -2.42. The van der Waals surface area contributed by atoms with Gasteiger partial charge < -0.3 is 20.5 Å². The molecule has 1 aliphatic carbocycles. The number of aliphatic hydroxyl groups excluding tert-OH is 1. The Kier molecular flexibility index (Phi) is 7.13. The molecular formula is C13H22N2O3. The lowest BCUT2D eigenvalue weighted by atomic mass is 10.1. The van der Waals surface area contributed by atoms with Gasteiger partial charge in [0.05, 0.1) is 13.2 Å². The number of hydrogen-bond donors (Lipinski definition) is 3. The topological polar surface area (TPSA) is 70.6 Å². The molecule has 0 aromatic heterocycles. The first-order valence-electron chi connectivity index (χ1n) is 6.28. The Morgan fingerprint density at radius 3 is 3.00 bits per heavy atom. The second-order valence-corrected chi connectivity index (χ2v) is 4.26. The van der Waals surface area contributed by atoms with Gasteiger partial charge in [0, 0.05) is 25.1 Å². The molecule has 0 spiro atoms. The third kappa shape index (κ3) is 5.84. The molecule has 2 amide bonds. The summed E-state index contributed by atoms with van der Waals surface area (Å²) < 4.78 is 5.27. The van der Waals surface area contributed by atoms with Crippen LogP contribution >= 0.6 is 0 Å². The highest BCUT2D eigenvalue weighted by atomic mass is 16.5. The Hall–Kier alpha value is -1.33. The van der Waals surface area contributed by atoms with E-state index in [1.807, 2.05) is 12.2 Å². The van der Waals surface area contributed by atoms with Gasteiger partial charge in [-0.1, -0.05) is 18.2 Å². The van der Waals surface area contributed by atoms with Crippen LogP contribution in [-0.4, -0.2) is 43.5 Å². The van der Waals surface area contributed by atoms with Crippen LogP contribution in [0, 0.1) is 5.92 Å². The summed E-state index contributed by atoms with van der Waals surface area (Å²) in [4.78, 5) is 11.5. The molecule has 0 saturated carbocycles. The molecule has 2 atom stereocenters. The van der Waals surface area contributed by atoms with Crippen molar-refractivity contribution in [1.29, 1.82) is 0 Å². The van der Waals surface area contributed by atoms with E-state index in [2.05, 4.69) is 17.2 Å². The molecule has 0 aromatic rings. The van der Waals surface area contributed by atoms with Gasteiger partial charge in [-0.05, 0) is 12.8 Å². The van der Waals surface area contributed by atoms with Crippen molar-refractivity contribution < 1.29 is 14.6 Å². The quantitative estimate of drug-likeness (QED) is 0.443. The van der Waals surface area contributed by atoms with E-state index in [4.69, 9.17) is 9.84 Å². The summed E-state index contributed by atoms with van der Waals surface area (Å²) in [5.74, 6) is 0.164. The molecule has 5 nitrogen and oxygen atoms in total. The van der Waals surface area contributed by atoms with Crippen LogP contribution in [0.3, 0.4) is 0 Å². The molecule has 3 N–H and O–H groups in total. The average molecular weight is 254 g/mol. The number of hydrogen-bond acceptors (Lipinski definition) is 3. The van der Waals surface area contributed by atoms with Crippen molar-refractivity contribution in [1.82, 2.24) is 10.6 Å². The highest BCUT2D eigenvalue weighted by Crippen LogP contribution is 2.16. The zero-order valence-corrected chi connectivity index (χ0v) is 10.6. The number of carbonyl (C=O) groups is 1. The maximum absolute atomic E-state index is 11.5. The zero-order valence-electron chi connectivity index (χ0n) is 10.6. The van der Waals surface area contributed by atoms with E-state index in [-0.39, 0.29) is 24.6 Å². The minimum atomic E-state index is -0.199. The van der Waals surface area contributed by atoms with Gasteiger partial charge in [-0.2, -0.15) is 0 Å². The Bertz CT molecular complexity index is 292. The molecule has 1 rings (SSSR count). The van der Waals surface area contributed by atoms with Crippen LogP contribution in [0.25, 0.3) is 0 Å². The van der Waals surface area contributed by atoms with Gasteiger partial charge in [-0.25, -0.2) is 4.79 Å². The summed E-state index contributed by atoms with van der Waals surface area (Å²) in [5.41, 5.74) is 0. The molecular weight excluding hydrogens is 232 g/mol. The molecule has 5 heteroatoms. The monoisotopic (exact) mass is 254 g/mol. The lowest BCUT2D eigenvalue weighted by molar-refractivity contribution is 0.141. The second kappa shape index (κ2) is 8.72.